The molecule has 0 aliphatic carbocycles. The van der Waals surface area contributed by atoms with E-state index in [1.165, 1.54) is 11.1 Å². The van der Waals surface area contributed by atoms with Crippen LogP contribution in [-0.2, 0) is 13.0 Å². The van der Waals surface area contributed by atoms with Crippen molar-refractivity contribution in [1.82, 2.24) is 10.2 Å². The quantitative estimate of drug-likeness (QED) is 0.852. The van der Waals surface area contributed by atoms with Gasteiger partial charge in [0, 0.05) is 37.6 Å². The maximum absolute atomic E-state index is 6.32. The van der Waals surface area contributed by atoms with Gasteiger partial charge in [0.2, 0.25) is 0 Å². The van der Waals surface area contributed by atoms with Crippen molar-refractivity contribution in [3.63, 3.8) is 0 Å². The fourth-order valence-electron chi connectivity index (χ4n) is 3.25. The number of hydrogen-bond donors (Lipinski definition) is 1. The van der Waals surface area contributed by atoms with Gasteiger partial charge in [-0.3, -0.25) is 4.90 Å². The second-order valence-electron chi connectivity index (χ2n) is 5.93. The van der Waals surface area contributed by atoms with Crippen LogP contribution >= 0.6 is 11.6 Å². The first-order valence-corrected chi connectivity index (χ1v) is 8.51. The van der Waals surface area contributed by atoms with Crippen molar-refractivity contribution in [3.8, 4) is 0 Å². The summed E-state index contributed by atoms with van der Waals surface area (Å²) >= 11 is 6.32. The number of halogens is 1. The summed E-state index contributed by atoms with van der Waals surface area (Å²) in [7, 11) is 0. The number of nitrogens with zero attached hydrogens (tertiary/aromatic N) is 1. The van der Waals surface area contributed by atoms with Crippen LogP contribution in [0.4, 0.5) is 0 Å². The van der Waals surface area contributed by atoms with Gasteiger partial charge in [-0.05, 0) is 17.5 Å². The van der Waals surface area contributed by atoms with Crippen LogP contribution in [0.1, 0.15) is 11.1 Å². The van der Waals surface area contributed by atoms with E-state index in [9.17, 15) is 0 Å². The molecule has 1 aliphatic heterocycles. The molecule has 1 aliphatic rings. The van der Waals surface area contributed by atoms with Crippen LogP contribution in [0, 0.1) is 0 Å². The summed E-state index contributed by atoms with van der Waals surface area (Å²) in [6.07, 6.45) is 1.03. The summed E-state index contributed by atoms with van der Waals surface area (Å²) in [5, 5.41) is 3.66. The number of benzene rings is 2. The molecule has 2 nitrogen and oxygen atoms in total. The highest BCUT2D eigenvalue weighted by Gasteiger charge is 2.30. The minimum Gasteiger partial charge on any atom is -0.311 e. The summed E-state index contributed by atoms with van der Waals surface area (Å²) in [6.45, 7) is 3.06. The average Bonchev–Trinajstić information content (AvgIpc) is 2.57. The standard InChI is InChI=1S/C19H23ClN2/c20-14-19-18(13-16-7-3-1-4-8-16)21-11-12-22(19)15-17-9-5-2-6-10-17/h1-10,18-19,21H,11-15H2. The van der Waals surface area contributed by atoms with Gasteiger partial charge in [0.15, 0.2) is 0 Å². The van der Waals surface area contributed by atoms with E-state index in [-0.39, 0.29) is 0 Å². The van der Waals surface area contributed by atoms with E-state index < -0.39 is 0 Å². The molecule has 0 radical (unpaired) electrons. The van der Waals surface area contributed by atoms with Gasteiger partial charge in [0.1, 0.15) is 0 Å². The third kappa shape index (κ3) is 3.89. The molecular weight excluding hydrogens is 292 g/mol. The molecule has 3 heteroatoms. The molecule has 116 valence electrons. The molecule has 1 heterocycles. The van der Waals surface area contributed by atoms with E-state index in [1.807, 2.05) is 0 Å². The smallest absolute Gasteiger partial charge is 0.0395 e. The van der Waals surface area contributed by atoms with E-state index in [2.05, 4.69) is 70.9 Å². The van der Waals surface area contributed by atoms with E-state index in [1.54, 1.807) is 0 Å². The van der Waals surface area contributed by atoms with Crippen LogP contribution in [0.2, 0.25) is 0 Å². The van der Waals surface area contributed by atoms with Crippen LogP contribution in [-0.4, -0.2) is 36.0 Å². The molecule has 1 fully saturated rings. The summed E-state index contributed by atoms with van der Waals surface area (Å²) in [5.74, 6) is 0.664. The Hall–Kier alpha value is -1.35. The molecule has 2 aromatic rings. The number of nitrogens with one attached hydrogen (secondary N) is 1. The molecule has 22 heavy (non-hydrogen) atoms. The Morgan fingerprint density at radius 2 is 1.59 bits per heavy atom. The highest BCUT2D eigenvalue weighted by atomic mass is 35.5. The number of alkyl halides is 1. The Kier molecular flexibility index (Phi) is 5.49. The first-order chi connectivity index (χ1) is 10.9. The lowest BCUT2D eigenvalue weighted by molar-refractivity contribution is 0.125. The maximum Gasteiger partial charge on any atom is 0.0395 e. The molecule has 1 saturated heterocycles. The van der Waals surface area contributed by atoms with Gasteiger partial charge in [-0.25, -0.2) is 0 Å². The second-order valence-corrected chi connectivity index (χ2v) is 6.24. The first kappa shape index (κ1) is 15.5. The van der Waals surface area contributed by atoms with E-state index in [0.29, 0.717) is 18.0 Å². The summed E-state index contributed by atoms with van der Waals surface area (Å²) in [4.78, 5) is 2.52. The zero-order chi connectivity index (χ0) is 15.2. The Balaban J connectivity index is 1.69. The second kappa shape index (κ2) is 7.77. The molecule has 2 unspecified atom stereocenters. The summed E-state index contributed by atoms with van der Waals surface area (Å²) in [6, 6.07) is 22.1. The predicted octanol–water partition coefficient (Wildman–Crippen LogP) is 3.31. The lowest BCUT2D eigenvalue weighted by atomic mass is 9.96. The Morgan fingerprint density at radius 3 is 2.23 bits per heavy atom. The van der Waals surface area contributed by atoms with Gasteiger partial charge in [-0.1, -0.05) is 60.7 Å². The molecule has 2 atom stereocenters. The average molecular weight is 315 g/mol. The third-order valence-electron chi connectivity index (χ3n) is 4.42. The van der Waals surface area contributed by atoms with Crippen molar-refractivity contribution < 1.29 is 0 Å². The van der Waals surface area contributed by atoms with E-state index in [0.717, 1.165) is 26.1 Å². The molecule has 0 aromatic heterocycles. The number of hydrogen-bond acceptors (Lipinski definition) is 2. The number of rotatable bonds is 5. The fraction of sp³-hybridized carbons (Fsp3) is 0.368. The Labute approximate surface area is 138 Å². The largest absolute Gasteiger partial charge is 0.311 e. The van der Waals surface area contributed by atoms with Crippen LogP contribution in [0.5, 0.6) is 0 Å². The van der Waals surface area contributed by atoms with Crippen molar-refractivity contribution in [2.75, 3.05) is 19.0 Å². The van der Waals surface area contributed by atoms with Crippen LogP contribution in [0.3, 0.4) is 0 Å². The highest BCUT2D eigenvalue weighted by Crippen LogP contribution is 2.18. The molecule has 2 aromatic carbocycles. The van der Waals surface area contributed by atoms with Crippen molar-refractivity contribution in [3.05, 3.63) is 71.8 Å². The van der Waals surface area contributed by atoms with E-state index in [4.69, 9.17) is 11.6 Å². The van der Waals surface area contributed by atoms with Gasteiger partial charge in [0.25, 0.3) is 0 Å². The summed E-state index contributed by atoms with van der Waals surface area (Å²) in [5.41, 5.74) is 2.73. The molecular formula is C19H23ClN2. The van der Waals surface area contributed by atoms with Gasteiger partial charge >= 0.3 is 0 Å². The maximum atomic E-state index is 6.32. The lowest BCUT2D eigenvalue weighted by Crippen LogP contribution is -2.59. The third-order valence-corrected chi connectivity index (χ3v) is 4.74. The zero-order valence-corrected chi connectivity index (χ0v) is 13.5. The fourth-order valence-corrected chi connectivity index (χ4v) is 3.66. The predicted molar refractivity (Wildman–Crippen MR) is 93.3 cm³/mol. The molecule has 0 amide bonds. The van der Waals surface area contributed by atoms with Gasteiger partial charge in [-0.15, -0.1) is 11.6 Å². The summed E-state index contributed by atoms with van der Waals surface area (Å²) < 4.78 is 0. The Morgan fingerprint density at radius 1 is 0.955 bits per heavy atom. The molecule has 0 saturated carbocycles. The van der Waals surface area contributed by atoms with Crippen molar-refractivity contribution in [2.45, 2.75) is 25.0 Å². The normalized spacial score (nSPS) is 22.6. The van der Waals surface area contributed by atoms with Crippen molar-refractivity contribution in [1.29, 1.82) is 0 Å². The van der Waals surface area contributed by atoms with Crippen molar-refractivity contribution >= 4 is 11.6 Å². The first-order valence-electron chi connectivity index (χ1n) is 7.98. The van der Waals surface area contributed by atoms with E-state index >= 15 is 0 Å². The van der Waals surface area contributed by atoms with Crippen LogP contribution in [0.15, 0.2) is 60.7 Å². The van der Waals surface area contributed by atoms with Gasteiger partial charge < -0.3 is 5.32 Å². The lowest BCUT2D eigenvalue weighted by Gasteiger charge is -2.41. The number of piperazine rings is 1. The van der Waals surface area contributed by atoms with Gasteiger partial charge in [0.05, 0.1) is 0 Å². The molecule has 3 rings (SSSR count). The minimum atomic E-state index is 0.371. The van der Waals surface area contributed by atoms with Gasteiger partial charge in [-0.2, -0.15) is 0 Å². The van der Waals surface area contributed by atoms with Crippen LogP contribution in [0.25, 0.3) is 0 Å². The molecule has 0 spiro atoms. The monoisotopic (exact) mass is 314 g/mol. The van der Waals surface area contributed by atoms with Crippen molar-refractivity contribution in [2.24, 2.45) is 0 Å². The zero-order valence-electron chi connectivity index (χ0n) is 12.8. The minimum absolute atomic E-state index is 0.371. The molecule has 1 N–H and O–H groups in total. The molecule has 0 bridgehead atoms. The Bertz CT molecular complexity index is 509. The van der Waals surface area contributed by atoms with Crippen LogP contribution < -0.4 is 5.32 Å². The topological polar surface area (TPSA) is 15.3 Å². The SMILES string of the molecule is ClCC1C(Cc2ccccc2)NCCN1Cc1ccccc1. The highest BCUT2D eigenvalue weighted by molar-refractivity contribution is 6.18.